The van der Waals surface area contributed by atoms with Crippen LogP contribution >= 0.6 is 0 Å². The first-order valence-corrected chi connectivity index (χ1v) is 8.91. The van der Waals surface area contributed by atoms with Gasteiger partial charge in [0.15, 0.2) is 5.78 Å². The number of nitrogens with one attached hydrogen (secondary N) is 2. The molecule has 0 aliphatic carbocycles. The van der Waals surface area contributed by atoms with E-state index in [1.54, 1.807) is 0 Å². The lowest BCUT2D eigenvalue weighted by Gasteiger charge is -2.45. The summed E-state index contributed by atoms with van der Waals surface area (Å²) >= 11 is 0. The van der Waals surface area contributed by atoms with Gasteiger partial charge in [-0.2, -0.15) is 13.2 Å². The molecule has 0 bridgehead atoms. The Bertz CT molecular complexity index is 996. The van der Waals surface area contributed by atoms with Crippen LogP contribution in [0.15, 0.2) is 42.5 Å². The summed E-state index contributed by atoms with van der Waals surface area (Å²) in [5, 5.41) is 14.3. The molecule has 1 aliphatic rings. The van der Waals surface area contributed by atoms with Crippen LogP contribution in [0.4, 0.5) is 22.4 Å². The van der Waals surface area contributed by atoms with E-state index in [0.717, 1.165) is 24.3 Å². The zero-order valence-electron chi connectivity index (χ0n) is 16.3. The molecule has 2 aromatic rings. The second-order valence-electron chi connectivity index (χ2n) is 6.80. The Labute approximate surface area is 174 Å². The fourth-order valence-electron chi connectivity index (χ4n) is 3.47. The highest BCUT2D eigenvalue weighted by atomic mass is 19.4. The van der Waals surface area contributed by atoms with E-state index in [1.165, 1.54) is 37.7 Å². The molecule has 1 saturated heterocycles. The number of hydrogen-bond donors (Lipinski definition) is 3. The van der Waals surface area contributed by atoms with Crippen LogP contribution in [0, 0.1) is 11.7 Å². The molecule has 1 fully saturated rings. The summed E-state index contributed by atoms with van der Waals surface area (Å²) in [4.78, 5) is 25.3. The van der Waals surface area contributed by atoms with E-state index in [0.29, 0.717) is 0 Å². The van der Waals surface area contributed by atoms with Gasteiger partial charge in [0.25, 0.3) is 0 Å². The first-order chi connectivity index (χ1) is 14.5. The number of hydrogen-bond acceptors (Lipinski definition) is 5. The highest BCUT2D eigenvalue weighted by molar-refractivity contribution is 6.00. The van der Waals surface area contributed by atoms with Crippen LogP contribution in [-0.2, 0) is 0 Å². The van der Waals surface area contributed by atoms with Gasteiger partial charge >= 0.3 is 12.2 Å². The summed E-state index contributed by atoms with van der Waals surface area (Å²) in [6.45, 7) is 0. The number of ketones is 1. The number of methoxy groups -OCH3 is 2. The largest absolute Gasteiger partial charge is 0.497 e. The van der Waals surface area contributed by atoms with Gasteiger partial charge in [-0.25, -0.2) is 9.18 Å². The average Bonchev–Trinajstić information content (AvgIpc) is 2.72. The van der Waals surface area contributed by atoms with Gasteiger partial charge in [-0.3, -0.25) is 4.79 Å². The fraction of sp³-hybridized carbons (Fsp3) is 0.300. The minimum Gasteiger partial charge on any atom is -0.497 e. The summed E-state index contributed by atoms with van der Waals surface area (Å²) in [5.41, 5.74) is -4.24. The number of carbonyl (C=O) groups is 2. The summed E-state index contributed by atoms with van der Waals surface area (Å²) in [6.07, 6.45) is -5.42. The summed E-state index contributed by atoms with van der Waals surface area (Å²) in [7, 11) is 2.57. The van der Waals surface area contributed by atoms with Gasteiger partial charge in [0.1, 0.15) is 23.2 Å². The third-order valence-electron chi connectivity index (χ3n) is 4.99. The predicted molar refractivity (Wildman–Crippen MR) is 99.2 cm³/mol. The minimum atomic E-state index is -5.42. The van der Waals surface area contributed by atoms with Crippen molar-refractivity contribution in [3.05, 3.63) is 59.4 Å². The van der Waals surface area contributed by atoms with Gasteiger partial charge in [-0.1, -0.05) is 0 Å². The number of aliphatic hydroxyl groups is 1. The van der Waals surface area contributed by atoms with E-state index in [2.05, 4.69) is 5.32 Å². The second-order valence-corrected chi connectivity index (χ2v) is 6.80. The Morgan fingerprint density at radius 2 is 1.74 bits per heavy atom. The number of Topliss-reactive ketones (excluding diaryl/α,β-unsaturated/α-hetero) is 1. The second kappa shape index (κ2) is 8.06. The zero-order chi connectivity index (χ0) is 23.0. The van der Waals surface area contributed by atoms with Crippen molar-refractivity contribution in [3.63, 3.8) is 0 Å². The van der Waals surface area contributed by atoms with Crippen LogP contribution in [-0.4, -0.2) is 43.0 Å². The maximum atomic E-state index is 13.9. The summed E-state index contributed by atoms with van der Waals surface area (Å²) in [6, 6.07) is 4.91. The van der Waals surface area contributed by atoms with Gasteiger partial charge in [-0.15, -0.1) is 0 Å². The molecule has 0 aromatic heterocycles. The Kier molecular flexibility index (Phi) is 5.81. The molecule has 1 heterocycles. The maximum Gasteiger partial charge on any atom is 0.437 e. The molecular formula is C20H18F4N2O5. The predicted octanol–water partition coefficient (Wildman–Crippen LogP) is 2.95. The molecule has 166 valence electrons. The van der Waals surface area contributed by atoms with Crippen molar-refractivity contribution in [2.45, 2.75) is 17.9 Å². The van der Waals surface area contributed by atoms with Crippen LogP contribution in [0.3, 0.4) is 0 Å². The Hall–Kier alpha value is -3.34. The van der Waals surface area contributed by atoms with E-state index in [4.69, 9.17) is 9.47 Å². The molecule has 31 heavy (non-hydrogen) atoms. The number of rotatable bonds is 5. The van der Waals surface area contributed by atoms with Crippen molar-refractivity contribution < 1.29 is 41.7 Å². The lowest BCUT2D eigenvalue weighted by atomic mass is 9.77. The number of amides is 2. The highest BCUT2D eigenvalue weighted by Crippen LogP contribution is 2.46. The quantitative estimate of drug-likeness (QED) is 0.489. The van der Waals surface area contributed by atoms with Gasteiger partial charge in [0, 0.05) is 11.1 Å². The van der Waals surface area contributed by atoms with Gasteiger partial charge in [0.05, 0.1) is 20.3 Å². The SMILES string of the molecule is COc1ccc(OC)c([C@H]2NC(=O)N[C@@](O)(C(F)(F)F)[C@@H]2C(=O)c2ccc(F)cc2)c1. The highest BCUT2D eigenvalue weighted by Gasteiger charge is 2.66. The third-order valence-corrected chi connectivity index (χ3v) is 4.99. The monoisotopic (exact) mass is 442 g/mol. The average molecular weight is 442 g/mol. The fourth-order valence-corrected chi connectivity index (χ4v) is 3.47. The summed E-state index contributed by atoms with van der Waals surface area (Å²) in [5.74, 6) is -3.90. The molecule has 0 unspecified atom stereocenters. The molecule has 7 nitrogen and oxygen atoms in total. The molecule has 0 radical (unpaired) electrons. The standard InChI is InChI=1S/C20H18F4N2O5/c1-30-12-7-8-14(31-2)13(9-12)16-15(17(27)10-3-5-11(21)6-4-10)19(29,20(22,23)24)26-18(28)25-16/h3-9,15-16,29H,1-2H3,(H2,25,26,28)/t15-,16+,19-/m0/s1. The van der Waals surface area contributed by atoms with E-state index in [1.807, 2.05) is 0 Å². The molecule has 3 N–H and O–H groups in total. The lowest BCUT2D eigenvalue weighted by molar-refractivity contribution is -0.287. The number of halogens is 4. The maximum absolute atomic E-state index is 13.9. The van der Waals surface area contributed by atoms with Crippen molar-refractivity contribution in [1.82, 2.24) is 10.6 Å². The third kappa shape index (κ3) is 4.00. The first kappa shape index (κ1) is 22.3. The molecule has 1 aliphatic heterocycles. The number of carbonyl (C=O) groups excluding carboxylic acids is 2. The molecule has 3 rings (SSSR count). The van der Waals surface area contributed by atoms with Crippen LogP contribution < -0.4 is 20.1 Å². The molecule has 0 saturated carbocycles. The number of benzene rings is 2. The van der Waals surface area contributed by atoms with Gasteiger partial charge in [-0.05, 0) is 42.5 Å². The van der Waals surface area contributed by atoms with Crippen molar-refractivity contribution in [1.29, 1.82) is 0 Å². The van der Waals surface area contributed by atoms with Crippen LogP contribution in [0.5, 0.6) is 11.5 Å². The Morgan fingerprint density at radius 3 is 2.29 bits per heavy atom. The van der Waals surface area contributed by atoms with Gasteiger partial charge < -0.3 is 25.2 Å². The first-order valence-electron chi connectivity index (χ1n) is 8.91. The molecule has 0 spiro atoms. The summed E-state index contributed by atoms with van der Waals surface area (Å²) < 4.78 is 65.4. The topological polar surface area (TPSA) is 96.9 Å². The van der Waals surface area contributed by atoms with E-state index in [9.17, 15) is 32.3 Å². The van der Waals surface area contributed by atoms with Crippen LogP contribution in [0.2, 0.25) is 0 Å². The van der Waals surface area contributed by atoms with Gasteiger partial charge in [0.2, 0.25) is 5.72 Å². The Balaban J connectivity index is 2.23. The zero-order valence-corrected chi connectivity index (χ0v) is 16.3. The van der Waals surface area contributed by atoms with Crippen molar-refractivity contribution in [2.24, 2.45) is 5.92 Å². The number of alkyl halides is 3. The van der Waals surface area contributed by atoms with E-state index < -0.39 is 41.5 Å². The minimum absolute atomic E-state index is 0.0279. The van der Waals surface area contributed by atoms with Crippen molar-refractivity contribution in [2.75, 3.05) is 14.2 Å². The van der Waals surface area contributed by atoms with Crippen LogP contribution in [0.25, 0.3) is 0 Å². The molecule has 11 heteroatoms. The van der Waals surface area contributed by atoms with E-state index in [-0.39, 0.29) is 22.6 Å². The Morgan fingerprint density at radius 1 is 1.10 bits per heavy atom. The molecular weight excluding hydrogens is 424 g/mol. The number of urea groups is 1. The normalized spacial score (nSPS) is 23.5. The van der Waals surface area contributed by atoms with Crippen LogP contribution in [0.1, 0.15) is 22.0 Å². The number of ether oxygens (including phenoxy) is 2. The van der Waals surface area contributed by atoms with Crippen molar-refractivity contribution in [3.8, 4) is 11.5 Å². The van der Waals surface area contributed by atoms with Crippen molar-refractivity contribution >= 4 is 11.8 Å². The molecule has 3 atom stereocenters. The lowest BCUT2D eigenvalue weighted by Crippen LogP contribution is -2.72. The molecule has 2 aromatic carbocycles. The molecule has 2 amide bonds. The smallest absolute Gasteiger partial charge is 0.437 e. The van der Waals surface area contributed by atoms with E-state index >= 15 is 0 Å².